The minimum atomic E-state index is -0.722. The van der Waals surface area contributed by atoms with Crippen LogP contribution in [0.3, 0.4) is 0 Å². The number of rotatable bonds is 10. The van der Waals surface area contributed by atoms with E-state index in [4.69, 9.17) is 9.47 Å². The average Bonchev–Trinajstić information content (AvgIpc) is 3.08. The van der Waals surface area contributed by atoms with E-state index in [0.717, 1.165) is 0 Å². The zero-order valence-corrected chi connectivity index (χ0v) is 18.3. The number of esters is 1. The van der Waals surface area contributed by atoms with E-state index in [-0.39, 0.29) is 36.9 Å². The third-order valence-corrected chi connectivity index (χ3v) is 5.00. The van der Waals surface area contributed by atoms with Gasteiger partial charge in [0.2, 0.25) is 5.95 Å². The van der Waals surface area contributed by atoms with Gasteiger partial charge in [-0.2, -0.15) is 4.98 Å². The van der Waals surface area contributed by atoms with Crippen molar-refractivity contribution in [2.75, 3.05) is 32.6 Å². The summed E-state index contributed by atoms with van der Waals surface area (Å²) in [6, 6.07) is -0.434. The fourth-order valence-electron chi connectivity index (χ4n) is 2.55. The molecule has 0 radical (unpaired) electrons. The Morgan fingerprint density at radius 3 is 2.68 bits per heavy atom. The number of aliphatic hydroxyl groups excluding tert-OH is 1. The molecule has 2 atom stereocenters. The molecule has 28 heavy (non-hydrogen) atoms. The zero-order chi connectivity index (χ0) is 20.8. The molecule has 0 aromatic carbocycles. The van der Waals surface area contributed by atoms with Crippen LogP contribution in [-0.4, -0.2) is 67.8 Å². The molecule has 2 aromatic rings. The summed E-state index contributed by atoms with van der Waals surface area (Å²) in [6.07, 6.45) is 0.713. The van der Waals surface area contributed by atoms with Crippen LogP contribution in [0, 0.1) is 5.92 Å². The lowest BCUT2D eigenvalue weighted by molar-refractivity contribution is -0.154. The monoisotopic (exact) mass is 508 g/mol. The van der Waals surface area contributed by atoms with E-state index in [9.17, 15) is 14.7 Å². The third kappa shape index (κ3) is 4.98. The van der Waals surface area contributed by atoms with Gasteiger partial charge in [-0.05, 0) is 13.0 Å². The molecule has 0 saturated carbocycles. The molecular weight excluding hydrogens is 483 g/mol. The number of likely N-dealkylation sites (N-methyl/N-ethyl adjacent to an activating group) is 1. The van der Waals surface area contributed by atoms with Crippen LogP contribution < -0.4 is 16.2 Å². The lowest BCUT2D eigenvalue weighted by Crippen LogP contribution is -2.41. The van der Waals surface area contributed by atoms with Crippen molar-refractivity contribution in [2.45, 2.75) is 32.7 Å². The first-order chi connectivity index (χ1) is 13.3. The summed E-state index contributed by atoms with van der Waals surface area (Å²) in [5.41, 5.74) is 0.261. The number of aromatic nitrogens is 4. The quantitative estimate of drug-likeness (QED) is 0.299. The van der Waals surface area contributed by atoms with E-state index in [2.05, 4.69) is 20.6 Å². The van der Waals surface area contributed by atoms with Crippen LogP contribution in [0.4, 0.5) is 5.95 Å². The van der Waals surface area contributed by atoms with Gasteiger partial charge in [-0.15, -0.1) is 0 Å². The first-order valence-electron chi connectivity index (χ1n) is 8.72. The minimum absolute atomic E-state index is 0.0141. The van der Waals surface area contributed by atoms with Gasteiger partial charge in [0, 0.05) is 7.05 Å². The van der Waals surface area contributed by atoms with Gasteiger partial charge >= 0.3 is 5.97 Å². The lowest BCUT2D eigenvalue weighted by atomic mass is 10.1. The molecule has 1 unspecified atom stereocenters. The first-order valence-corrected chi connectivity index (χ1v) is 9.68. The fraction of sp³-hybridized carbons (Fsp3) is 0.625. The number of hydrogen-bond acceptors (Lipinski definition) is 9. The Morgan fingerprint density at radius 1 is 1.39 bits per heavy atom. The molecule has 0 saturated heterocycles. The predicted molar refractivity (Wildman–Crippen MR) is 111 cm³/mol. The highest BCUT2D eigenvalue weighted by Crippen LogP contribution is 2.13. The smallest absolute Gasteiger partial charge is 0.323 e. The largest absolute Gasteiger partial charge is 0.462 e. The maximum atomic E-state index is 12.3. The number of imidazole rings is 1. The summed E-state index contributed by atoms with van der Waals surface area (Å²) >= 11 is 1.84. The zero-order valence-electron chi connectivity index (χ0n) is 16.2. The standard InChI is InChI=1S/C16H25IN6O5/c1-9(2)11(18-3)15(26)27-6-10(5-24)28-8-22-7-20-12-13(22)21-16(19-4)23(17)14(12)25/h7,9-11,18,24H,5-6,8H2,1-4H3,(H,19,21)/t10?,11-/m0/s1. The molecule has 2 heterocycles. The highest BCUT2D eigenvalue weighted by Gasteiger charge is 2.23. The van der Waals surface area contributed by atoms with Gasteiger partial charge in [-0.25, -0.2) is 7.76 Å². The van der Waals surface area contributed by atoms with E-state index in [1.54, 1.807) is 18.7 Å². The van der Waals surface area contributed by atoms with Crippen molar-refractivity contribution in [1.29, 1.82) is 0 Å². The minimum Gasteiger partial charge on any atom is -0.462 e. The molecule has 2 aromatic heterocycles. The highest BCUT2D eigenvalue weighted by atomic mass is 127. The molecule has 0 fully saturated rings. The Labute approximate surface area is 175 Å². The fourth-order valence-corrected chi connectivity index (χ4v) is 3.13. The number of ether oxygens (including phenoxy) is 2. The van der Waals surface area contributed by atoms with Gasteiger partial charge < -0.3 is 25.2 Å². The topological polar surface area (TPSA) is 133 Å². The van der Waals surface area contributed by atoms with Crippen molar-refractivity contribution < 1.29 is 19.4 Å². The highest BCUT2D eigenvalue weighted by molar-refractivity contribution is 14.1. The molecular formula is C16H25IN6O5. The molecule has 0 spiro atoms. The molecule has 0 amide bonds. The van der Waals surface area contributed by atoms with E-state index in [1.807, 2.05) is 36.7 Å². The second-order valence-electron chi connectivity index (χ2n) is 6.40. The summed E-state index contributed by atoms with van der Waals surface area (Å²) < 4.78 is 13.7. The van der Waals surface area contributed by atoms with E-state index >= 15 is 0 Å². The predicted octanol–water partition coefficient (Wildman–Crippen LogP) is -0.0450. The van der Waals surface area contributed by atoms with Gasteiger partial charge in [0.1, 0.15) is 25.5 Å². The molecule has 12 heteroatoms. The van der Waals surface area contributed by atoms with Crippen molar-refractivity contribution in [1.82, 2.24) is 22.6 Å². The number of anilines is 1. The normalized spacial score (nSPS) is 13.7. The number of halogens is 1. The van der Waals surface area contributed by atoms with Gasteiger partial charge in [-0.3, -0.25) is 14.2 Å². The van der Waals surface area contributed by atoms with Crippen LogP contribution in [0.5, 0.6) is 0 Å². The number of carbonyl (C=O) groups is 1. The summed E-state index contributed by atoms with van der Waals surface area (Å²) in [5, 5.41) is 15.3. The molecule has 3 N–H and O–H groups in total. The van der Waals surface area contributed by atoms with Crippen LogP contribution in [0.15, 0.2) is 11.1 Å². The van der Waals surface area contributed by atoms with Crippen LogP contribution >= 0.6 is 22.9 Å². The van der Waals surface area contributed by atoms with Gasteiger partial charge in [-0.1, -0.05) is 13.8 Å². The van der Waals surface area contributed by atoms with Crippen molar-refractivity contribution in [3.63, 3.8) is 0 Å². The molecule has 0 aliphatic rings. The number of nitrogens with zero attached hydrogens (tertiary/aromatic N) is 4. The Hall–Kier alpha value is -1.77. The Kier molecular flexibility index (Phi) is 8.15. The number of nitrogens with one attached hydrogen (secondary N) is 2. The van der Waals surface area contributed by atoms with Crippen molar-refractivity contribution >= 4 is 45.9 Å². The summed E-state index contributed by atoms with van der Waals surface area (Å²) in [7, 11) is 3.35. The van der Waals surface area contributed by atoms with Crippen LogP contribution in [0.2, 0.25) is 0 Å². The van der Waals surface area contributed by atoms with E-state index in [1.165, 1.54) is 9.11 Å². The maximum Gasteiger partial charge on any atom is 0.323 e. The lowest BCUT2D eigenvalue weighted by Gasteiger charge is -2.21. The molecule has 0 aliphatic heterocycles. The summed E-state index contributed by atoms with van der Waals surface area (Å²) in [4.78, 5) is 32.8. The first kappa shape index (κ1) is 22.5. The van der Waals surface area contributed by atoms with Gasteiger partial charge in [0.25, 0.3) is 5.56 Å². The molecule has 156 valence electrons. The van der Waals surface area contributed by atoms with Crippen molar-refractivity contribution in [2.24, 2.45) is 5.92 Å². The summed E-state index contributed by atoms with van der Waals surface area (Å²) in [5.74, 6) is 0.0348. The number of hydrogen-bond donors (Lipinski definition) is 3. The maximum absolute atomic E-state index is 12.3. The van der Waals surface area contributed by atoms with Crippen molar-refractivity contribution in [3.8, 4) is 0 Å². The van der Waals surface area contributed by atoms with Crippen LogP contribution in [0.25, 0.3) is 11.2 Å². The van der Waals surface area contributed by atoms with E-state index in [0.29, 0.717) is 11.6 Å². The molecule has 0 bridgehead atoms. The van der Waals surface area contributed by atoms with E-state index < -0.39 is 18.1 Å². The molecule has 0 aliphatic carbocycles. The Balaban J connectivity index is 2.05. The van der Waals surface area contributed by atoms with Crippen LogP contribution in [0.1, 0.15) is 13.8 Å². The van der Waals surface area contributed by atoms with Gasteiger partial charge in [0.05, 0.1) is 35.8 Å². The number of carbonyl (C=O) groups excluding carboxylic acids is 1. The number of fused-ring (bicyclic) bond motifs is 1. The molecule has 11 nitrogen and oxygen atoms in total. The van der Waals surface area contributed by atoms with Gasteiger partial charge in [0.15, 0.2) is 11.2 Å². The third-order valence-electron chi connectivity index (χ3n) is 4.11. The second-order valence-corrected chi connectivity index (χ2v) is 7.36. The SMILES string of the molecule is CNc1nc2c(ncn2COC(CO)COC(=O)[C@@H](NC)C(C)C)c(=O)n1I. The average molecular weight is 508 g/mol. The Morgan fingerprint density at radius 2 is 2.11 bits per heavy atom. The van der Waals surface area contributed by atoms with Crippen LogP contribution in [-0.2, 0) is 21.0 Å². The Bertz CT molecular complexity index is 867. The number of aliphatic hydroxyl groups is 1. The van der Waals surface area contributed by atoms with Crippen molar-refractivity contribution in [3.05, 3.63) is 16.7 Å². The second kappa shape index (κ2) is 10.1. The summed E-state index contributed by atoms with van der Waals surface area (Å²) in [6.45, 7) is 3.37. The molecule has 2 rings (SSSR count).